The second-order valence-corrected chi connectivity index (χ2v) is 11.2. The minimum Gasteiger partial charge on any atom is -0.395 e. The van der Waals surface area contributed by atoms with Crippen LogP contribution in [0.3, 0.4) is 0 Å². The molecular weight excluding hydrogens is 354 g/mol. The highest BCUT2D eigenvalue weighted by molar-refractivity contribution is 5.14. The molecule has 28 heavy (non-hydrogen) atoms. The van der Waals surface area contributed by atoms with Crippen molar-refractivity contribution in [1.82, 2.24) is 4.90 Å². The first-order valence-electron chi connectivity index (χ1n) is 11.8. The highest BCUT2D eigenvalue weighted by Gasteiger charge is 2.62. The largest absolute Gasteiger partial charge is 0.395 e. The van der Waals surface area contributed by atoms with E-state index < -0.39 is 11.7 Å². The summed E-state index contributed by atoms with van der Waals surface area (Å²) in [5.41, 5.74) is -0.185. The van der Waals surface area contributed by atoms with E-state index in [1.165, 1.54) is 38.5 Å². The van der Waals surface area contributed by atoms with Crippen LogP contribution in [0.2, 0.25) is 0 Å². The first-order chi connectivity index (χ1) is 13.5. The predicted octanol–water partition coefficient (Wildman–Crippen LogP) is 2.18. The van der Waals surface area contributed by atoms with Crippen LogP contribution in [-0.2, 0) is 4.74 Å². The summed E-state index contributed by atoms with van der Waals surface area (Å²) in [6, 6.07) is -0.208. The van der Waals surface area contributed by atoms with Gasteiger partial charge in [-0.15, -0.1) is 0 Å². The number of piperidine rings is 1. The second-order valence-electron chi connectivity index (χ2n) is 11.2. The van der Waals surface area contributed by atoms with Gasteiger partial charge in [0.25, 0.3) is 0 Å². The van der Waals surface area contributed by atoms with Crippen molar-refractivity contribution in [1.29, 1.82) is 0 Å². The van der Waals surface area contributed by atoms with E-state index in [4.69, 9.17) is 4.74 Å². The first-order valence-corrected chi connectivity index (χ1v) is 11.8. The molecule has 5 nitrogen and oxygen atoms in total. The Kier molecular flexibility index (Phi) is 5.28. The van der Waals surface area contributed by atoms with Crippen LogP contribution in [0.4, 0.5) is 0 Å². The van der Waals surface area contributed by atoms with E-state index in [9.17, 15) is 15.3 Å². The maximum Gasteiger partial charge on any atom is 0.0833 e. The molecule has 4 atom stereocenters. The van der Waals surface area contributed by atoms with Crippen LogP contribution in [0.15, 0.2) is 0 Å². The molecule has 0 aromatic rings. The lowest BCUT2D eigenvalue weighted by Gasteiger charge is -2.56. The van der Waals surface area contributed by atoms with Crippen molar-refractivity contribution >= 4 is 0 Å². The Hall–Kier alpha value is -0.200. The Morgan fingerprint density at radius 1 is 0.929 bits per heavy atom. The van der Waals surface area contributed by atoms with Gasteiger partial charge in [-0.25, -0.2) is 0 Å². The van der Waals surface area contributed by atoms with E-state index in [0.29, 0.717) is 18.4 Å². The van der Waals surface area contributed by atoms with E-state index in [0.717, 1.165) is 56.8 Å². The third-order valence-corrected chi connectivity index (χ3v) is 8.85. The molecule has 1 heterocycles. The Balaban J connectivity index is 0.992. The Labute approximate surface area is 169 Å². The molecular formula is C23H39NO4. The van der Waals surface area contributed by atoms with Crippen molar-refractivity contribution in [3.63, 3.8) is 0 Å². The lowest BCUT2D eigenvalue weighted by molar-refractivity contribution is -0.0967. The van der Waals surface area contributed by atoms with Crippen LogP contribution in [0.5, 0.6) is 0 Å². The maximum absolute atomic E-state index is 10.4. The zero-order valence-electron chi connectivity index (χ0n) is 17.3. The molecule has 1 saturated heterocycles. The molecule has 0 aromatic heterocycles. The molecule has 0 amide bonds. The van der Waals surface area contributed by atoms with Gasteiger partial charge in [-0.1, -0.05) is 0 Å². The van der Waals surface area contributed by atoms with Crippen molar-refractivity contribution in [3.05, 3.63) is 0 Å². The van der Waals surface area contributed by atoms with Gasteiger partial charge in [0.1, 0.15) is 0 Å². The number of fused-ring (bicyclic) bond motifs is 1. The minimum atomic E-state index is -0.702. The standard InChI is InChI=1S/C23H39NO4/c25-13-20-21(26)19-12-23(19,27)14-24(20)4-2-1-3-5-28-15-22-9-16-6-17(10-22)8-18(7-16)11-22/h16-21,25-27H,1-15H2. The summed E-state index contributed by atoms with van der Waals surface area (Å²) in [5.74, 6) is 2.96. The van der Waals surface area contributed by atoms with E-state index in [1.54, 1.807) is 0 Å². The normalized spacial score (nSPS) is 49.4. The number of hydrogen-bond donors (Lipinski definition) is 3. The summed E-state index contributed by atoms with van der Waals surface area (Å²) in [6.45, 7) is 3.26. The van der Waals surface area contributed by atoms with Gasteiger partial charge in [0.05, 0.1) is 31.0 Å². The van der Waals surface area contributed by atoms with Gasteiger partial charge in [-0.2, -0.15) is 0 Å². The van der Waals surface area contributed by atoms with Crippen molar-refractivity contribution in [2.45, 2.75) is 82.0 Å². The van der Waals surface area contributed by atoms with Crippen LogP contribution in [0, 0.1) is 29.1 Å². The number of aliphatic hydroxyl groups excluding tert-OH is 2. The van der Waals surface area contributed by atoms with Gasteiger partial charge in [0.2, 0.25) is 0 Å². The molecule has 3 N–H and O–H groups in total. The van der Waals surface area contributed by atoms with Crippen LogP contribution in [0.1, 0.15) is 64.2 Å². The average molecular weight is 394 g/mol. The number of hydrogen-bond acceptors (Lipinski definition) is 5. The average Bonchev–Trinajstić information content (AvgIpc) is 3.32. The predicted molar refractivity (Wildman–Crippen MR) is 107 cm³/mol. The SMILES string of the molecule is OCC1C(O)C2CC2(O)CN1CCCCCOCC12CC3CC(CC(C3)C1)C2. The van der Waals surface area contributed by atoms with Gasteiger partial charge in [-0.05, 0) is 93.9 Å². The van der Waals surface area contributed by atoms with Crippen LogP contribution in [0.25, 0.3) is 0 Å². The molecule has 4 bridgehead atoms. The molecule has 6 fully saturated rings. The summed E-state index contributed by atoms with van der Waals surface area (Å²) in [6.07, 6.45) is 12.1. The fourth-order valence-electron chi connectivity index (χ4n) is 7.81. The second kappa shape index (κ2) is 7.49. The highest BCUT2D eigenvalue weighted by Crippen LogP contribution is 2.60. The molecule has 5 heteroatoms. The summed E-state index contributed by atoms with van der Waals surface area (Å²) in [7, 11) is 0. The van der Waals surface area contributed by atoms with Crippen LogP contribution < -0.4 is 0 Å². The molecule has 5 aliphatic carbocycles. The molecule has 0 spiro atoms. The number of nitrogens with zero attached hydrogens (tertiary/aromatic N) is 1. The number of unbranched alkanes of at least 4 members (excludes halogenated alkanes) is 2. The van der Waals surface area contributed by atoms with Crippen molar-refractivity contribution < 1.29 is 20.1 Å². The Morgan fingerprint density at radius 2 is 1.61 bits per heavy atom. The smallest absolute Gasteiger partial charge is 0.0833 e. The third-order valence-electron chi connectivity index (χ3n) is 8.85. The van der Waals surface area contributed by atoms with Gasteiger partial charge < -0.3 is 20.1 Å². The van der Waals surface area contributed by atoms with Gasteiger partial charge in [-0.3, -0.25) is 4.90 Å². The Morgan fingerprint density at radius 3 is 2.25 bits per heavy atom. The molecule has 6 rings (SSSR count). The number of aliphatic hydroxyl groups is 3. The van der Waals surface area contributed by atoms with Crippen molar-refractivity contribution in [3.8, 4) is 0 Å². The van der Waals surface area contributed by atoms with E-state index in [2.05, 4.69) is 4.90 Å². The zero-order chi connectivity index (χ0) is 19.4. The topological polar surface area (TPSA) is 73.2 Å². The fourth-order valence-corrected chi connectivity index (χ4v) is 7.81. The molecule has 5 saturated carbocycles. The van der Waals surface area contributed by atoms with E-state index in [1.807, 2.05) is 0 Å². The van der Waals surface area contributed by atoms with Crippen LogP contribution >= 0.6 is 0 Å². The first kappa shape index (κ1) is 19.7. The third kappa shape index (κ3) is 3.66. The maximum atomic E-state index is 10.4. The molecule has 1 aliphatic heterocycles. The quantitative estimate of drug-likeness (QED) is 0.524. The molecule has 6 aliphatic rings. The van der Waals surface area contributed by atoms with Crippen molar-refractivity contribution in [2.75, 3.05) is 32.9 Å². The minimum absolute atomic E-state index is 0.0259. The summed E-state index contributed by atoms with van der Waals surface area (Å²) in [4.78, 5) is 2.10. The zero-order valence-corrected chi connectivity index (χ0v) is 17.3. The lowest BCUT2D eigenvalue weighted by Crippen LogP contribution is -2.56. The van der Waals surface area contributed by atoms with Crippen LogP contribution in [-0.4, -0.2) is 70.9 Å². The van der Waals surface area contributed by atoms with E-state index in [-0.39, 0.29) is 18.6 Å². The fraction of sp³-hybridized carbons (Fsp3) is 1.00. The summed E-state index contributed by atoms with van der Waals surface area (Å²) >= 11 is 0. The van der Waals surface area contributed by atoms with Gasteiger partial charge >= 0.3 is 0 Å². The number of ether oxygens (including phenoxy) is 1. The monoisotopic (exact) mass is 393 g/mol. The molecule has 0 aromatic carbocycles. The van der Waals surface area contributed by atoms with Crippen molar-refractivity contribution in [2.24, 2.45) is 29.1 Å². The van der Waals surface area contributed by atoms with Gasteiger partial charge in [0.15, 0.2) is 0 Å². The summed E-state index contributed by atoms with van der Waals surface area (Å²) in [5, 5.41) is 30.3. The molecule has 0 radical (unpaired) electrons. The van der Waals surface area contributed by atoms with Gasteiger partial charge in [0, 0.05) is 19.1 Å². The Bertz CT molecular complexity index is 534. The lowest BCUT2D eigenvalue weighted by atomic mass is 9.50. The molecule has 4 unspecified atom stereocenters. The number of likely N-dealkylation sites (tertiary alicyclic amines) is 1. The number of β-amino-alcohol motifs (C(OH)–C–C–N with tert-alkyl or cyclic N) is 1. The summed E-state index contributed by atoms with van der Waals surface area (Å²) < 4.78 is 6.18. The van der Waals surface area contributed by atoms with E-state index >= 15 is 0 Å². The molecule has 160 valence electrons. The highest BCUT2D eigenvalue weighted by atomic mass is 16.5. The number of rotatable bonds is 9.